The molecule has 0 radical (unpaired) electrons. The molecule has 0 bridgehead atoms. The number of allylic oxidation sites excluding steroid dienone is 11. The number of aryl methyl sites for hydroxylation is 1. The number of fused-ring (bicyclic) bond motifs is 8. The van der Waals surface area contributed by atoms with Gasteiger partial charge < -0.3 is 24.5 Å². The van der Waals surface area contributed by atoms with Crippen molar-refractivity contribution in [2.45, 2.75) is 136 Å². The van der Waals surface area contributed by atoms with Crippen molar-refractivity contribution >= 4 is 30.8 Å². The molecule has 0 N–H and O–H groups in total. The van der Waals surface area contributed by atoms with Gasteiger partial charge in [0.2, 0.25) is 0 Å². The fraction of sp³-hybridized carbons (Fsp3) is 0.608. The molecule has 6 heteroatoms. The second-order valence-electron chi connectivity index (χ2n) is 21.1. The number of likely N-dealkylation sites (N-methyl/N-ethyl adjacent to an activating group) is 1. The molecule has 1 aromatic carbocycles. The van der Waals surface area contributed by atoms with Crippen molar-refractivity contribution in [3.05, 3.63) is 116 Å². The van der Waals surface area contributed by atoms with Gasteiger partial charge in [-0.25, -0.2) is 0 Å². The molecule has 1 aliphatic heterocycles. The van der Waals surface area contributed by atoms with Gasteiger partial charge in [-0.05, 0) is 108 Å². The van der Waals surface area contributed by atoms with E-state index in [0.717, 1.165) is 6.61 Å². The first-order chi connectivity index (χ1) is 25.8. The first-order valence-electron chi connectivity index (χ1n) is 21.4. The number of anilines is 1. The van der Waals surface area contributed by atoms with Crippen LogP contribution in [0.1, 0.15) is 105 Å². The Morgan fingerprint density at radius 1 is 0.702 bits per heavy atom. The van der Waals surface area contributed by atoms with E-state index in [-0.39, 0.29) is 31.3 Å². The quantitative estimate of drug-likeness (QED) is 0.139. The molecule has 2 saturated carbocycles. The molecule has 314 valence electrons. The number of hydrogen-bond donors (Lipinski definition) is 0. The Kier molecular flexibility index (Phi) is 16.3. The van der Waals surface area contributed by atoms with E-state index in [1.54, 1.807) is 16.7 Å². The van der Waals surface area contributed by atoms with Crippen molar-refractivity contribution in [1.82, 2.24) is 0 Å². The Hall–Kier alpha value is -0.900. The zero-order chi connectivity index (χ0) is 40.1. The standard InChI is InChI=1S/C49H71NOSi.2CH3.2ClH.Zr/c1-32-21-26-42-41(29-32)43-44(50(42)11)37-19-15-16-20-38(37)46(43)52(12,28-18-14-13-17-27-51-49(8,9)10)45-39-30-33(47(2,3)4)22-24-35(39)36-25-23-34(31-40(36)45)48(5,6)7;;;;;/h15-16,19-26,29-31,35-40,43-46H,13-14,17-18,27-28H2,1-12H3;2*1H3;2*1H;/q;2*-1;;;+4/p-2. The predicted molar refractivity (Wildman–Crippen MR) is 251 cm³/mol. The summed E-state index contributed by atoms with van der Waals surface area (Å²) in [6.07, 6.45) is 31.3. The van der Waals surface area contributed by atoms with E-state index < -0.39 is 28.9 Å². The second-order valence-corrected chi connectivity index (χ2v) is 29.7. The monoisotopic (exact) mass is 907 g/mol. The van der Waals surface area contributed by atoms with Crippen LogP contribution < -0.4 is 4.90 Å². The van der Waals surface area contributed by atoms with Crippen molar-refractivity contribution in [1.29, 1.82) is 0 Å². The van der Waals surface area contributed by atoms with E-state index in [4.69, 9.17) is 21.8 Å². The van der Waals surface area contributed by atoms with Gasteiger partial charge in [-0.2, -0.15) is 0 Å². The summed E-state index contributed by atoms with van der Waals surface area (Å²) in [5.74, 6) is 4.16. The molecule has 10 atom stereocenters. The summed E-state index contributed by atoms with van der Waals surface area (Å²) in [5.41, 5.74) is 9.35. The van der Waals surface area contributed by atoms with Crippen LogP contribution in [0.4, 0.5) is 5.69 Å². The van der Waals surface area contributed by atoms with Crippen molar-refractivity contribution in [2.24, 2.45) is 46.3 Å². The molecule has 2 nitrogen and oxygen atoms in total. The van der Waals surface area contributed by atoms with Gasteiger partial charge in [0.15, 0.2) is 0 Å². The third-order valence-electron chi connectivity index (χ3n) is 14.5. The van der Waals surface area contributed by atoms with Gasteiger partial charge in [0.05, 0.1) is 13.7 Å². The van der Waals surface area contributed by atoms with E-state index in [0.29, 0.717) is 58.5 Å². The Labute approximate surface area is 370 Å². The molecule has 0 spiro atoms. The summed E-state index contributed by atoms with van der Waals surface area (Å²) in [7, 11) is 10.2. The molecule has 10 unspecified atom stereocenters. The molecule has 7 rings (SSSR count). The predicted octanol–water partition coefficient (Wildman–Crippen LogP) is 15.3. The van der Waals surface area contributed by atoms with Crippen molar-refractivity contribution < 1.29 is 25.6 Å². The maximum atomic E-state index is 6.16. The summed E-state index contributed by atoms with van der Waals surface area (Å²) in [5, 5.41) is 0. The molecule has 5 aliphatic carbocycles. The number of benzene rings is 1. The molecule has 0 saturated heterocycles. The fourth-order valence-corrected chi connectivity index (χ4v) is 19.0. The summed E-state index contributed by atoms with van der Waals surface area (Å²) in [6, 6.07) is 9.37. The molecular formula is C51H77Cl2NOSiZr. The minimum absolute atomic E-state index is 0. The third kappa shape index (κ3) is 9.93. The fourth-order valence-electron chi connectivity index (χ4n) is 12.1. The second kappa shape index (κ2) is 19.0. The van der Waals surface area contributed by atoms with Crippen molar-refractivity contribution in [3.63, 3.8) is 0 Å². The molecule has 0 amide bonds. The Balaban J connectivity index is 0.00000140. The number of nitrogens with zero attached hydrogens (tertiary/aromatic N) is 1. The number of ether oxygens (including phenoxy) is 1. The topological polar surface area (TPSA) is 12.5 Å². The SMILES string of the molecule is Cc1ccc2c(c1)C1C(C3C=CC=CC3C1[Si](C)(CCCCCCOC(C)(C)C)C1C3C=C(C(C)(C)C)C=CC3C3C=CC(C(C)(C)C)=CC31)N2C.[CH3-].[CH3-].[Cl][Zr+2][Cl]. The van der Waals surface area contributed by atoms with Crippen LogP contribution >= 0.6 is 17.0 Å². The van der Waals surface area contributed by atoms with Gasteiger partial charge in [-0.1, -0.05) is 152 Å². The van der Waals surface area contributed by atoms with Crippen LogP contribution in [-0.2, 0) is 25.6 Å². The van der Waals surface area contributed by atoms with Gasteiger partial charge in [-0.3, -0.25) is 0 Å². The van der Waals surface area contributed by atoms with Gasteiger partial charge in [0.25, 0.3) is 0 Å². The summed E-state index contributed by atoms with van der Waals surface area (Å²) >= 11 is -0.826. The molecule has 1 heterocycles. The van der Waals surface area contributed by atoms with E-state index in [1.807, 2.05) is 0 Å². The summed E-state index contributed by atoms with van der Waals surface area (Å²) < 4.78 is 6.16. The van der Waals surface area contributed by atoms with Gasteiger partial charge in [0.1, 0.15) is 0 Å². The number of rotatable bonds is 9. The summed E-state index contributed by atoms with van der Waals surface area (Å²) in [4.78, 5) is 2.72. The molecule has 57 heavy (non-hydrogen) atoms. The zero-order valence-electron chi connectivity index (χ0n) is 38.1. The normalized spacial score (nSPS) is 31.5. The van der Waals surface area contributed by atoms with Crippen LogP contribution in [-0.4, -0.2) is 33.4 Å². The van der Waals surface area contributed by atoms with E-state index in [1.165, 1.54) is 43.0 Å². The third-order valence-corrected chi connectivity index (χ3v) is 20.4. The van der Waals surface area contributed by atoms with Crippen LogP contribution in [0.5, 0.6) is 0 Å². The van der Waals surface area contributed by atoms with E-state index in [2.05, 4.69) is 167 Å². The van der Waals surface area contributed by atoms with E-state index in [9.17, 15) is 0 Å². The Bertz CT molecular complexity index is 1670. The number of halogens is 2. The number of unbranched alkanes of at least 4 members (excludes halogenated alkanes) is 3. The van der Waals surface area contributed by atoms with E-state index >= 15 is 0 Å². The first-order valence-corrected chi connectivity index (χ1v) is 30.6. The van der Waals surface area contributed by atoms with Gasteiger partial charge in [0, 0.05) is 37.2 Å². The molecule has 2 fully saturated rings. The summed E-state index contributed by atoms with van der Waals surface area (Å²) in [6.45, 7) is 27.3. The average Bonchev–Trinajstić information content (AvgIpc) is 3.72. The van der Waals surface area contributed by atoms with Crippen molar-refractivity contribution in [3.8, 4) is 0 Å². The molecule has 0 aromatic heterocycles. The van der Waals surface area contributed by atoms with Crippen LogP contribution in [0, 0.1) is 68.1 Å². The van der Waals surface area contributed by atoms with Crippen molar-refractivity contribution in [2.75, 3.05) is 18.6 Å². The first kappa shape index (κ1) is 48.8. The Morgan fingerprint density at radius 3 is 1.75 bits per heavy atom. The Morgan fingerprint density at radius 2 is 1.23 bits per heavy atom. The zero-order valence-corrected chi connectivity index (χ0v) is 43.1. The average molecular weight is 910 g/mol. The maximum absolute atomic E-state index is 6.16. The van der Waals surface area contributed by atoms with Crippen LogP contribution in [0.15, 0.2) is 90.1 Å². The van der Waals surface area contributed by atoms with Crippen LogP contribution in [0.3, 0.4) is 0 Å². The minimum atomic E-state index is -2.09. The van der Waals surface area contributed by atoms with Gasteiger partial charge >= 0.3 is 37.9 Å². The molecular weight excluding hydrogens is 833 g/mol. The molecule has 6 aliphatic rings. The molecule has 1 aromatic rings. The van der Waals surface area contributed by atoms with Crippen LogP contribution in [0.2, 0.25) is 23.7 Å². The number of hydrogen-bond acceptors (Lipinski definition) is 2. The van der Waals surface area contributed by atoms with Crippen LogP contribution in [0.25, 0.3) is 0 Å². The van der Waals surface area contributed by atoms with Gasteiger partial charge in [-0.15, -0.1) is 0 Å².